The third kappa shape index (κ3) is 6.96. The van der Waals surface area contributed by atoms with Crippen LogP contribution in [0.2, 0.25) is 0 Å². The molecule has 22 heavy (non-hydrogen) atoms. The Kier molecular flexibility index (Phi) is 10.4. The van der Waals surface area contributed by atoms with Crippen LogP contribution in [0.5, 0.6) is 0 Å². The molecule has 0 saturated heterocycles. The van der Waals surface area contributed by atoms with E-state index in [1.807, 2.05) is 18.7 Å². The topological polar surface area (TPSA) is 26.3 Å². The second-order valence-electron chi connectivity index (χ2n) is 5.94. The number of rotatable bonds is 11. The Hall–Kier alpha value is 0.520. The van der Waals surface area contributed by atoms with E-state index >= 15 is 0 Å². The minimum atomic E-state index is -0.0626. The van der Waals surface area contributed by atoms with Gasteiger partial charge in [0, 0.05) is 15.7 Å². The van der Waals surface area contributed by atoms with Gasteiger partial charge in [-0.1, -0.05) is 61.0 Å². The van der Waals surface area contributed by atoms with Gasteiger partial charge in [-0.3, -0.25) is 4.79 Å². The molecular weight excluding hydrogens is 428 g/mol. The smallest absolute Gasteiger partial charge is 0.305 e. The molecule has 2 nitrogen and oxygen atoms in total. The van der Waals surface area contributed by atoms with Gasteiger partial charge in [0.15, 0.2) is 0 Å². The molecule has 2 unspecified atom stereocenters. The first-order chi connectivity index (χ1) is 10.5. The maximum atomic E-state index is 11.4. The summed E-state index contributed by atoms with van der Waals surface area (Å²) in [5.74, 6) is -0.0626. The Morgan fingerprint density at radius 1 is 1.23 bits per heavy atom. The molecule has 0 fully saturated rings. The molecule has 0 saturated carbocycles. The largest absolute Gasteiger partial charge is 0.466 e. The van der Waals surface area contributed by atoms with E-state index in [-0.39, 0.29) is 11.4 Å². The zero-order valence-electron chi connectivity index (χ0n) is 13.7. The zero-order valence-corrected chi connectivity index (χ0v) is 17.7. The van der Waals surface area contributed by atoms with Crippen LogP contribution in [0.1, 0.15) is 71.6 Å². The number of unbranched alkanes of at least 4 members (excludes halogenated alkanes) is 4. The highest BCUT2D eigenvalue weighted by Gasteiger charge is 2.40. The van der Waals surface area contributed by atoms with Crippen LogP contribution in [0.15, 0.2) is 9.89 Å². The Bertz CT molecular complexity index is 374. The summed E-state index contributed by atoms with van der Waals surface area (Å²) >= 11 is 9.38. The third-order valence-electron chi connectivity index (χ3n) is 4.14. The maximum Gasteiger partial charge on any atom is 0.305 e. The first-order valence-electron chi connectivity index (χ1n) is 8.38. The third-order valence-corrected chi connectivity index (χ3v) is 7.42. The fraction of sp³-hybridized carbons (Fsp3) is 0.824. The Morgan fingerprint density at radius 2 is 1.91 bits per heavy atom. The van der Waals surface area contributed by atoms with E-state index in [4.69, 9.17) is 4.74 Å². The van der Waals surface area contributed by atoms with Crippen LogP contribution in [0.4, 0.5) is 0 Å². The van der Waals surface area contributed by atoms with Crippen LogP contribution in [-0.4, -0.2) is 16.7 Å². The van der Waals surface area contributed by atoms with Gasteiger partial charge < -0.3 is 4.74 Å². The van der Waals surface area contributed by atoms with Crippen molar-refractivity contribution in [1.29, 1.82) is 0 Å². The van der Waals surface area contributed by atoms with E-state index in [1.54, 1.807) is 0 Å². The van der Waals surface area contributed by atoms with Crippen molar-refractivity contribution in [3.8, 4) is 0 Å². The van der Waals surface area contributed by atoms with Gasteiger partial charge in [0.05, 0.1) is 10.8 Å². The van der Waals surface area contributed by atoms with Crippen molar-refractivity contribution in [2.45, 2.75) is 75.8 Å². The number of allylic oxidation sites excluding steroid dienone is 1. The summed E-state index contributed by atoms with van der Waals surface area (Å²) in [6.07, 6.45) is 12.5. The van der Waals surface area contributed by atoms with Crippen molar-refractivity contribution < 1.29 is 9.53 Å². The van der Waals surface area contributed by atoms with E-state index in [1.165, 1.54) is 35.9 Å². The van der Waals surface area contributed by atoms with Gasteiger partial charge in [0.25, 0.3) is 0 Å². The van der Waals surface area contributed by atoms with Crippen molar-refractivity contribution >= 4 is 49.6 Å². The summed E-state index contributed by atoms with van der Waals surface area (Å²) < 4.78 is 6.69. The predicted molar refractivity (Wildman–Crippen MR) is 104 cm³/mol. The van der Waals surface area contributed by atoms with Gasteiger partial charge in [-0.05, 0) is 42.1 Å². The number of carbonyl (C=O) groups is 1. The summed E-state index contributed by atoms with van der Waals surface area (Å²) in [4.78, 5) is 11.4. The maximum absolute atomic E-state index is 11.4. The first kappa shape index (κ1) is 20.6. The van der Waals surface area contributed by atoms with Crippen LogP contribution in [0, 0.1) is 5.41 Å². The van der Waals surface area contributed by atoms with Gasteiger partial charge in [0.1, 0.15) is 0 Å². The van der Waals surface area contributed by atoms with Gasteiger partial charge in [0.2, 0.25) is 0 Å². The molecule has 1 aliphatic rings. The normalized spacial score (nSPS) is 24.4. The molecule has 5 heteroatoms. The van der Waals surface area contributed by atoms with Crippen LogP contribution in [0.25, 0.3) is 0 Å². The molecule has 128 valence electrons. The molecule has 0 aromatic rings. The monoisotopic (exact) mass is 454 g/mol. The molecule has 0 spiro atoms. The molecule has 1 heterocycles. The van der Waals surface area contributed by atoms with E-state index in [0.717, 1.165) is 19.3 Å². The molecule has 0 aromatic heterocycles. The highest BCUT2D eigenvalue weighted by molar-refractivity contribution is 9.15. The SMILES string of the molecule is CCCCCCC1(CCCCC(=O)OCC)C=C(Br)SC1Br. The number of hydrogen-bond donors (Lipinski definition) is 0. The van der Waals surface area contributed by atoms with Crippen molar-refractivity contribution in [1.82, 2.24) is 0 Å². The lowest BCUT2D eigenvalue weighted by Crippen LogP contribution is -2.24. The molecule has 0 radical (unpaired) electrons. The minimum absolute atomic E-state index is 0.0626. The molecule has 2 atom stereocenters. The summed E-state index contributed by atoms with van der Waals surface area (Å²) in [6, 6.07) is 0. The van der Waals surface area contributed by atoms with E-state index in [2.05, 4.69) is 44.9 Å². The molecule has 0 bridgehead atoms. The number of alkyl halides is 1. The summed E-state index contributed by atoms with van der Waals surface area (Å²) in [7, 11) is 0. The lowest BCUT2D eigenvalue weighted by Gasteiger charge is -2.31. The average Bonchev–Trinajstić information content (AvgIpc) is 2.75. The highest BCUT2D eigenvalue weighted by atomic mass is 79.9. The molecule has 0 N–H and O–H groups in total. The predicted octanol–water partition coefficient (Wildman–Crippen LogP) is 6.77. The fourth-order valence-electron chi connectivity index (χ4n) is 2.88. The molecule has 0 aliphatic carbocycles. The van der Waals surface area contributed by atoms with Crippen LogP contribution in [0.3, 0.4) is 0 Å². The van der Waals surface area contributed by atoms with Crippen LogP contribution >= 0.6 is 43.6 Å². The quantitative estimate of drug-likeness (QED) is 0.195. The Morgan fingerprint density at radius 3 is 2.45 bits per heavy atom. The van der Waals surface area contributed by atoms with Crippen molar-refractivity contribution in [3.05, 3.63) is 9.89 Å². The summed E-state index contributed by atoms with van der Waals surface area (Å²) in [6.45, 7) is 4.59. The highest BCUT2D eigenvalue weighted by Crippen LogP contribution is 2.55. The van der Waals surface area contributed by atoms with Crippen LogP contribution in [-0.2, 0) is 9.53 Å². The van der Waals surface area contributed by atoms with E-state index < -0.39 is 0 Å². The van der Waals surface area contributed by atoms with Crippen LogP contribution < -0.4 is 0 Å². The van der Waals surface area contributed by atoms with Gasteiger partial charge >= 0.3 is 5.97 Å². The standard InChI is InChI=1S/C17H28Br2O2S/c1-3-5-6-8-11-17(13-14(18)22-16(17)19)12-9-7-10-15(20)21-4-2/h13,16H,3-12H2,1-2H3. The summed E-state index contributed by atoms with van der Waals surface area (Å²) in [5.41, 5.74) is 0.228. The van der Waals surface area contributed by atoms with E-state index in [9.17, 15) is 4.79 Å². The minimum Gasteiger partial charge on any atom is -0.466 e. The zero-order chi connectivity index (χ0) is 16.4. The molecule has 0 aromatic carbocycles. The first-order valence-corrected chi connectivity index (χ1v) is 11.0. The molecule has 0 amide bonds. The second-order valence-corrected chi connectivity index (χ2v) is 9.99. The lowest BCUT2D eigenvalue weighted by atomic mass is 9.80. The molecule has 1 rings (SSSR count). The average molecular weight is 456 g/mol. The Balaban J connectivity index is 2.44. The van der Waals surface area contributed by atoms with E-state index in [0.29, 0.717) is 17.2 Å². The van der Waals surface area contributed by atoms with Gasteiger partial charge in [-0.15, -0.1) is 11.8 Å². The number of hydrogen-bond acceptors (Lipinski definition) is 3. The van der Waals surface area contributed by atoms with Gasteiger partial charge in [-0.25, -0.2) is 0 Å². The number of halogens is 2. The Labute approximate surface area is 156 Å². The van der Waals surface area contributed by atoms with Crippen molar-refractivity contribution in [3.63, 3.8) is 0 Å². The number of carbonyl (C=O) groups excluding carboxylic acids is 1. The molecular formula is C17H28Br2O2S. The fourth-order valence-corrected chi connectivity index (χ4v) is 6.88. The summed E-state index contributed by atoms with van der Waals surface area (Å²) in [5, 5.41) is 0. The van der Waals surface area contributed by atoms with Crippen molar-refractivity contribution in [2.24, 2.45) is 5.41 Å². The lowest BCUT2D eigenvalue weighted by molar-refractivity contribution is -0.143. The van der Waals surface area contributed by atoms with Crippen molar-refractivity contribution in [2.75, 3.05) is 6.61 Å². The number of esters is 1. The second kappa shape index (κ2) is 11.1. The van der Waals surface area contributed by atoms with Gasteiger partial charge in [-0.2, -0.15) is 0 Å². The number of thioether (sulfide) groups is 1. The molecule has 1 aliphatic heterocycles. The number of ether oxygens (including phenoxy) is 1.